The molecule has 0 atom stereocenters. The van der Waals surface area contributed by atoms with E-state index in [1.807, 2.05) is 50.5 Å². The smallest absolute Gasteiger partial charge is 0.182 e. The lowest BCUT2D eigenvalue weighted by Gasteiger charge is -1.98. The van der Waals surface area contributed by atoms with Crippen LogP contribution in [-0.2, 0) is 0 Å². The summed E-state index contributed by atoms with van der Waals surface area (Å²) in [4.78, 5) is 4.38. The van der Waals surface area contributed by atoms with Crippen molar-refractivity contribution in [3.05, 3.63) is 34.7 Å². The predicted octanol–water partition coefficient (Wildman–Crippen LogP) is 4.53. The molecular weight excluding hydrogens is 240 g/mol. The summed E-state index contributed by atoms with van der Waals surface area (Å²) in [6.07, 6.45) is 0. The summed E-state index contributed by atoms with van der Waals surface area (Å²) in [5, 5.41) is 6.63. The monoisotopic (exact) mass is 254 g/mol. The molecule has 0 aliphatic heterocycles. The van der Waals surface area contributed by atoms with Crippen LogP contribution in [0.15, 0.2) is 29.6 Å². The van der Waals surface area contributed by atoms with Gasteiger partial charge in [-0.2, -0.15) is 0 Å². The molecule has 1 heterocycles. The van der Waals surface area contributed by atoms with Gasteiger partial charge in [0, 0.05) is 23.0 Å². The fourth-order valence-corrected chi connectivity index (χ4v) is 2.09. The van der Waals surface area contributed by atoms with Crippen molar-refractivity contribution in [2.24, 2.45) is 0 Å². The van der Waals surface area contributed by atoms with Gasteiger partial charge in [0.2, 0.25) is 0 Å². The number of hydrogen-bond donors (Lipinski definition) is 1. The Balaban J connectivity index is 0.000000606. The fraction of sp³-hybridized carbons (Fsp3) is 0.250. The summed E-state index contributed by atoms with van der Waals surface area (Å²) < 4.78 is 0. The van der Waals surface area contributed by atoms with Crippen molar-refractivity contribution in [1.29, 1.82) is 0 Å². The number of rotatable bonds is 2. The summed E-state index contributed by atoms with van der Waals surface area (Å²) in [5.41, 5.74) is 1.90. The third-order valence-corrected chi connectivity index (χ3v) is 3.06. The molecule has 2 rings (SSSR count). The van der Waals surface area contributed by atoms with Gasteiger partial charge in [-0.15, -0.1) is 11.3 Å². The Hall–Kier alpha value is -1.06. The number of nitrogens with zero attached hydrogens (tertiary/aromatic N) is 1. The fourth-order valence-electron chi connectivity index (χ4n) is 1.18. The minimum absolute atomic E-state index is 0.737. The van der Waals surface area contributed by atoms with Crippen LogP contribution in [0.25, 0.3) is 11.3 Å². The molecule has 0 aliphatic carbocycles. The molecule has 86 valence electrons. The van der Waals surface area contributed by atoms with E-state index < -0.39 is 0 Å². The molecule has 4 heteroatoms. The van der Waals surface area contributed by atoms with Crippen molar-refractivity contribution in [2.45, 2.75) is 13.8 Å². The van der Waals surface area contributed by atoms with E-state index in [1.165, 1.54) is 0 Å². The molecule has 2 nitrogen and oxygen atoms in total. The van der Waals surface area contributed by atoms with E-state index in [4.69, 9.17) is 11.6 Å². The second-order valence-electron chi connectivity index (χ2n) is 2.77. The Bertz CT molecular complexity index is 440. The van der Waals surface area contributed by atoms with Crippen LogP contribution in [0, 0.1) is 0 Å². The molecule has 0 amide bonds. The molecule has 0 spiro atoms. The van der Waals surface area contributed by atoms with Gasteiger partial charge in [-0.1, -0.05) is 43.6 Å². The molecular formula is C12H15ClN2S. The van der Waals surface area contributed by atoms with Gasteiger partial charge in [0.15, 0.2) is 5.13 Å². The van der Waals surface area contributed by atoms with E-state index in [0.29, 0.717) is 0 Å². The van der Waals surface area contributed by atoms with Gasteiger partial charge in [-0.25, -0.2) is 4.98 Å². The van der Waals surface area contributed by atoms with Crippen LogP contribution < -0.4 is 5.32 Å². The average molecular weight is 255 g/mol. The third kappa shape index (κ3) is 2.97. The van der Waals surface area contributed by atoms with Crippen LogP contribution >= 0.6 is 22.9 Å². The van der Waals surface area contributed by atoms with Gasteiger partial charge in [0.25, 0.3) is 0 Å². The Morgan fingerprint density at radius 3 is 2.50 bits per heavy atom. The minimum atomic E-state index is 0.737. The van der Waals surface area contributed by atoms with Crippen molar-refractivity contribution in [1.82, 2.24) is 4.98 Å². The summed E-state index contributed by atoms with van der Waals surface area (Å²) in [7, 11) is 1.86. The highest BCUT2D eigenvalue weighted by molar-refractivity contribution is 7.14. The molecule has 1 N–H and O–H groups in total. The Morgan fingerprint density at radius 2 is 1.94 bits per heavy atom. The maximum Gasteiger partial charge on any atom is 0.182 e. The lowest BCUT2D eigenvalue weighted by Crippen LogP contribution is -1.86. The molecule has 0 saturated heterocycles. The molecule has 2 aromatic rings. The number of nitrogens with one attached hydrogen (secondary N) is 1. The first-order valence-electron chi connectivity index (χ1n) is 5.19. The first-order valence-corrected chi connectivity index (χ1v) is 6.45. The number of thiazole rings is 1. The molecule has 16 heavy (non-hydrogen) atoms. The maximum atomic E-state index is 6.06. The van der Waals surface area contributed by atoms with Gasteiger partial charge < -0.3 is 5.32 Å². The molecule has 0 bridgehead atoms. The maximum absolute atomic E-state index is 6.06. The molecule has 1 aromatic heterocycles. The zero-order valence-electron chi connectivity index (χ0n) is 9.62. The molecule has 0 saturated carbocycles. The lowest BCUT2D eigenvalue weighted by atomic mass is 10.2. The summed E-state index contributed by atoms with van der Waals surface area (Å²) >= 11 is 7.63. The Morgan fingerprint density at radius 1 is 1.25 bits per heavy atom. The van der Waals surface area contributed by atoms with Gasteiger partial charge in [-0.3, -0.25) is 0 Å². The zero-order valence-corrected chi connectivity index (χ0v) is 11.2. The zero-order chi connectivity index (χ0) is 12.0. The van der Waals surface area contributed by atoms with E-state index in [2.05, 4.69) is 10.3 Å². The largest absolute Gasteiger partial charge is 0.365 e. The van der Waals surface area contributed by atoms with Crippen molar-refractivity contribution in [3.63, 3.8) is 0 Å². The number of hydrogen-bond acceptors (Lipinski definition) is 3. The van der Waals surface area contributed by atoms with Gasteiger partial charge in [-0.05, 0) is 6.07 Å². The third-order valence-electron chi connectivity index (χ3n) is 1.87. The topological polar surface area (TPSA) is 24.9 Å². The number of anilines is 1. The first kappa shape index (κ1) is 13.0. The molecule has 0 aliphatic rings. The van der Waals surface area contributed by atoms with E-state index in [9.17, 15) is 0 Å². The Labute approximate surface area is 105 Å². The highest BCUT2D eigenvalue weighted by Gasteiger charge is 2.06. The van der Waals surface area contributed by atoms with Crippen LogP contribution in [0.5, 0.6) is 0 Å². The van der Waals surface area contributed by atoms with Crippen molar-refractivity contribution in [2.75, 3.05) is 12.4 Å². The van der Waals surface area contributed by atoms with E-state index in [-0.39, 0.29) is 0 Å². The second-order valence-corrected chi connectivity index (χ2v) is 4.03. The molecule has 0 unspecified atom stereocenters. The van der Waals surface area contributed by atoms with Crippen LogP contribution in [0.4, 0.5) is 5.13 Å². The minimum Gasteiger partial charge on any atom is -0.365 e. The summed E-state index contributed by atoms with van der Waals surface area (Å²) in [5.74, 6) is 0. The van der Waals surface area contributed by atoms with E-state index >= 15 is 0 Å². The predicted molar refractivity (Wildman–Crippen MR) is 73.5 cm³/mol. The second kappa shape index (κ2) is 6.51. The summed E-state index contributed by atoms with van der Waals surface area (Å²) in [6, 6.07) is 7.71. The van der Waals surface area contributed by atoms with Gasteiger partial charge in [0.05, 0.1) is 5.69 Å². The van der Waals surface area contributed by atoms with Crippen LogP contribution in [0.2, 0.25) is 5.02 Å². The highest BCUT2D eigenvalue weighted by atomic mass is 35.5. The van der Waals surface area contributed by atoms with Crippen molar-refractivity contribution >= 4 is 28.1 Å². The summed E-state index contributed by atoms with van der Waals surface area (Å²) in [6.45, 7) is 4.00. The van der Waals surface area contributed by atoms with E-state index in [1.54, 1.807) is 11.3 Å². The van der Waals surface area contributed by atoms with Gasteiger partial charge in [0.1, 0.15) is 0 Å². The lowest BCUT2D eigenvalue weighted by molar-refractivity contribution is 1.36. The van der Waals surface area contributed by atoms with E-state index in [0.717, 1.165) is 21.4 Å². The van der Waals surface area contributed by atoms with Crippen molar-refractivity contribution < 1.29 is 0 Å². The van der Waals surface area contributed by atoms with Crippen molar-refractivity contribution in [3.8, 4) is 11.3 Å². The average Bonchev–Trinajstić information content (AvgIpc) is 2.81. The number of benzene rings is 1. The molecule has 0 fully saturated rings. The SMILES string of the molecule is CC.CNc1nc(-c2ccccc2Cl)cs1. The number of halogens is 1. The normalized spacial score (nSPS) is 9.25. The van der Waals surface area contributed by atoms with Crippen LogP contribution in [0.1, 0.15) is 13.8 Å². The first-order chi connectivity index (χ1) is 7.81. The van der Waals surface area contributed by atoms with Gasteiger partial charge >= 0.3 is 0 Å². The number of aromatic nitrogens is 1. The standard InChI is InChI=1S/C10H9ClN2S.C2H6/c1-12-10-13-9(6-14-10)7-4-2-3-5-8(7)11;1-2/h2-6H,1H3,(H,12,13);1-2H3. The van der Waals surface area contributed by atoms with Crippen LogP contribution in [0.3, 0.4) is 0 Å². The Kier molecular flexibility index (Phi) is 5.29. The molecule has 0 radical (unpaired) electrons. The molecule has 1 aromatic carbocycles. The van der Waals surface area contributed by atoms with Crippen LogP contribution in [-0.4, -0.2) is 12.0 Å². The quantitative estimate of drug-likeness (QED) is 0.852. The highest BCUT2D eigenvalue weighted by Crippen LogP contribution is 2.29.